The zero-order valence-corrected chi connectivity index (χ0v) is 14.2. The van der Waals surface area contributed by atoms with Crippen molar-refractivity contribution in [1.29, 1.82) is 0 Å². The van der Waals surface area contributed by atoms with Gasteiger partial charge in [-0.2, -0.15) is 5.10 Å². The Kier molecular flexibility index (Phi) is 3.95. The van der Waals surface area contributed by atoms with E-state index in [4.69, 9.17) is 5.73 Å². The lowest BCUT2D eigenvalue weighted by Gasteiger charge is -2.29. The maximum atomic E-state index is 12.7. The lowest BCUT2D eigenvalue weighted by atomic mass is 10.0. The number of rotatable bonds is 3. The highest BCUT2D eigenvalue weighted by Crippen LogP contribution is 2.28. The number of primary amides is 1. The van der Waals surface area contributed by atoms with Gasteiger partial charge in [-0.15, -0.1) is 0 Å². The van der Waals surface area contributed by atoms with Crippen molar-refractivity contribution >= 4 is 29.1 Å². The van der Waals surface area contributed by atoms with E-state index in [-0.39, 0.29) is 17.5 Å². The monoisotopic (exact) mass is 353 g/mol. The molecule has 0 aliphatic carbocycles. The number of hydrogen-bond donors (Lipinski definition) is 2. The molecule has 26 heavy (non-hydrogen) atoms. The number of hydrogen-bond acceptors (Lipinski definition) is 4. The number of benzene rings is 1. The van der Waals surface area contributed by atoms with E-state index in [2.05, 4.69) is 10.2 Å². The number of carbonyl (C=O) groups excluding carboxylic acids is 3. The first-order valence-corrected chi connectivity index (χ1v) is 8.65. The van der Waals surface area contributed by atoms with Crippen LogP contribution in [0.5, 0.6) is 0 Å². The average Bonchev–Trinajstić information content (AvgIpc) is 3.08. The molecule has 3 amide bonds. The number of nitrogens with zero attached hydrogens (tertiary/aromatic N) is 3. The zero-order valence-electron chi connectivity index (χ0n) is 14.2. The van der Waals surface area contributed by atoms with Crippen LogP contribution in [-0.4, -0.2) is 41.0 Å². The van der Waals surface area contributed by atoms with E-state index in [1.54, 1.807) is 9.80 Å². The molecule has 0 atom stereocenters. The Morgan fingerprint density at radius 2 is 1.69 bits per heavy atom. The minimum absolute atomic E-state index is 0.131. The van der Waals surface area contributed by atoms with Crippen LogP contribution in [-0.2, 0) is 11.2 Å². The second kappa shape index (κ2) is 6.29. The maximum Gasteiger partial charge on any atom is 0.276 e. The normalized spacial score (nSPS) is 17.4. The van der Waals surface area contributed by atoms with Gasteiger partial charge < -0.3 is 15.5 Å². The molecule has 3 heterocycles. The molecule has 1 fully saturated rings. The Morgan fingerprint density at radius 3 is 2.35 bits per heavy atom. The number of piperidine rings is 1. The molecule has 2 aliphatic heterocycles. The zero-order chi connectivity index (χ0) is 18.3. The van der Waals surface area contributed by atoms with Crippen LogP contribution < -0.4 is 15.5 Å². The summed E-state index contributed by atoms with van der Waals surface area (Å²) in [5, 5.41) is 6.50. The first-order chi connectivity index (χ1) is 12.6. The predicted octanol–water partition coefficient (Wildman–Crippen LogP) is 1.23. The van der Waals surface area contributed by atoms with E-state index in [9.17, 15) is 14.4 Å². The van der Waals surface area contributed by atoms with Gasteiger partial charge in [-0.05, 0) is 43.5 Å². The molecule has 2 aliphatic rings. The SMILES string of the molecule is NC(=O)c1n[nH]c2c1CCN(c1ccc(N3CCCCC3=O)cc1)C2=O. The van der Waals surface area contributed by atoms with Gasteiger partial charge in [-0.1, -0.05) is 0 Å². The highest BCUT2D eigenvalue weighted by atomic mass is 16.2. The fourth-order valence-electron chi connectivity index (χ4n) is 3.59. The largest absolute Gasteiger partial charge is 0.364 e. The summed E-state index contributed by atoms with van der Waals surface area (Å²) in [7, 11) is 0. The number of carbonyl (C=O) groups is 3. The maximum absolute atomic E-state index is 12.7. The van der Waals surface area contributed by atoms with E-state index < -0.39 is 5.91 Å². The fraction of sp³-hybridized carbons (Fsp3) is 0.333. The number of nitrogens with two attached hydrogens (primary N) is 1. The fourth-order valence-corrected chi connectivity index (χ4v) is 3.59. The molecule has 8 heteroatoms. The molecule has 1 aromatic heterocycles. The van der Waals surface area contributed by atoms with E-state index in [0.717, 1.165) is 30.8 Å². The molecule has 0 radical (unpaired) electrons. The number of aromatic amines is 1. The summed E-state index contributed by atoms with van der Waals surface area (Å²) in [4.78, 5) is 39.6. The van der Waals surface area contributed by atoms with Crippen molar-refractivity contribution in [1.82, 2.24) is 10.2 Å². The molecule has 2 aromatic rings. The van der Waals surface area contributed by atoms with Crippen LogP contribution in [0, 0.1) is 0 Å². The molecule has 8 nitrogen and oxygen atoms in total. The molecule has 134 valence electrons. The standard InChI is InChI=1S/C18H19N5O3/c19-17(25)15-13-8-10-23(18(26)16(13)21-20-15)12-6-4-11(5-7-12)22-9-2-1-3-14(22)24/h4-7H,1-3,8-10H2,(H2,19,25)(H,20,21). The summed E-state index contributed by atoms with van der Waals surface area (Å²) in [5.74, 6) is -0.744. The number of nitrogens with one attached hydrogen (secondary N) is 1. The Balaban J connectivity index is 1.57. The highest BCUT2D eigenvalue weighted by Gasteiger charge is 2.31. The Morgan fingerprint density at radius 1 is 1.00 bits per heavy atom. The van der Waals surface area contributed by atoms with E-state index in [1.165, 1.54) is 0 Å². The Bertz CT molecular complexity index is 887. The van der Waals surface area contributed by atoms with Crippen LogP contribution in [0.1, 0.15) is 45.8 Å². The van der Waals surface area contributed by atoms with Crippen molar-refractivity contribution in [3.63, 3.8) is 0 Å². The van der Waals surface area contributed by atoms with E-state index in [1.807, 2.05) is 24.3 Å². The Labute approximate surface area is 150 Å². The van der Waals surface area contributed by atoms with Crippen molar-refractivity contribution in [3.8, 4) is 0 Å². The second-order valence-corrected chi connectivity index (χ2v) is 6.52. The van der Waals surface area contributed by atoms with Gasteiger partial charge in [0.15, 0.2) is 5.69 Å². The van der Waals surface area contributed by atoms with Crippen LogP contribution in [0.2, 0.25) is 0 Å². The third kappa shape index (κ3) is 2.63. The van der Waals surface area contributed by atoms with Crippen molar-refractivity contribution in [2.24, 2.45) is 5.73 Å². The summed E-state index contributed by atoms with van der Waals surface area (Å²) < 4.78 is 0. The summed E-state index contributed by atoms with van der Waals surface area (Å²) in [6.45, 7) is 1.17. The summed E-state index contributed by atoms with van der Waals surface area (Å²) >= 11 is 0. The van der Waals surface area contributed by atoms with Crippen LogP contribution in [0.4, 0.5) is 11.4 Å². The van der Waals surface area contributed by atoms with Crippen LogP contribution >= 0.6 is 0 Å². The number of amides is 3. The summed E-state index contributed by atoms with van der Waals surface area (Å²) in [6.07, 6.45) is 3.03. The lowest BCUT2D eigenvalue weighted by molar-refractivity contribution is -0.119. The molecular formula is C18H19N5O3. The quantitative estimate of drug-likeness (QED) is 0.864. The van der Waals surface area contributed by atoms with Gasteiger partial charge in [0.2, 0.25) is 5.91 Å². The highest BCUT2D eigenvalue weighted by molar-refractivity contribution is 6.09. The van der Waals surface area contributed by atoms with Crippen LogP contribution in [0.25, 0.3) is 0 Å². The number of anilines is 2. The number of H-pyrrole nitrogens is 1. The number of aromatic nitrogens is 2. The van der Waals surface area contributed by atoms with E-state index in [0.29, 0.717) is 30.6 Å². The van der Waals surface area contributed by atoms with Crippen LogP contribution in [0.3, 0.4) is 0 Å². The average molecular weight is 353 g/mol. The minimum Gasteiger partial charge on any atom is -0.364 e. The molecule has 0 unspecified atom stereocenters. The van der Waals surface area contributed by atoms with Gasteiger partial charge >= 0.3 is 0 Å². The van der Waals surface area contributed by atoms with Gasteiger partial charge in [0.1, 0.15) is 5.69 Å². The molecular weight excluding hydrogens is 334 g/mol. The molecule has 4 rings (SSSR count). The molecule has 0 saturated carbocycles. The number of fused-ring (bicyclic) bond motifs is 1. The summed E-state index contributed by atoms with van der Waals surface area (Å²) in [5.41, 5.74) is 7.90. The van der Waals surface area contributed by atoms with Crippen molar-refractivity contribution in [2.75, 3.05) is 22.9 Å². The van der Waals surface area contributed by atoms with E-state index >= 15 is 0 Å². The molecule has 1 aromatic carbocycles. The smallest absolute Gasteiger partial charge is 0.276 e. The Hall–Kier alpha value is -3.16. The molecule has 0 bridgehead atoms. The first-order valence-electron chi connectivity index (χ1n) is 8.65. The van der Waals surface area contributed by atoms with Gasteiger partial charge in [-0.3, -0.25) is 19.5 Å². The third-order valence-corrected chi connectivity index (χ3v) is 4.94. The van der Waals surface area contributed by atoms with Gasteiger partial charge in [0.05, 0.1) is 0 Å². The van der Waals surface area contributed by atoms with Crippen molar-refractivity contribution in [3.05, 3.63) is 41.2 Å². The summed E-state index contributed by atoms with van der Waals surface area (Å²) in [6, 6.07) is 7.41. The third-order valence-electron chi connectivity index (χ3n) is 4.94. The van der Waals surface area contributed by atoms with Gasteiger partial charge in [0.25, 0.3) is 11.8 Å². The minimum atomic E-state index is -0.640. The predicted molar refractivity (Wildman–Crippen MR) is 95.1 cm³/mol. The second-order valence-electron chi connectivity index (χ2n) is 6.52. The topological polar surface area (TPSA) is 112 Å². The lowest BCUT2D eigenvalue weighted by Crippen LogP contribution is -2.38. The first kappa shape index (κ1) is 16.3. The van der Waals surface area contributed by atoms with Crippen molar-refractivity contribution in [2.45, 2.75) is 25.7 Å². The van der Waals surface area contributed by atoms with Crippen molar-refractivity contribution < 1.29 is 14.4 Å². The van der Waals surface area contributed by atoms with Crippen LogP contribution in [0.15, 0.2) is 24.3 Å². The molecule has 0 spiro atoms. The molecule has 3 N–H and O–H groups in total. The molecule has 1 saturated heterocycles. The van der Waals surface area contributed by atoms with Gasteiger partial charge in [-0.25, -0.2) is 0 Å². The van der Waals surface area contributed by atoms with Gasteiger partial charge in [0, 0.05) is 36.4 Å².